The molecule has 0 N–H and O–H groups in total. The summed E-state index contributed by atoms with van der Waals surface area (Å²) < 4.78 is 4.04. The molecule has 3 rings (SSSR count). The highest BCUT2D eigenvalue weighted by atomic mass is 32.2. The van der Waals surface area contributed by atoms with Gasteiger partial charge >= 0.3 is 0 Å². The lowest BCUT2D eigenvalue weighted by Gasteiger charge is -2.20. The monoisotopic (exact) mass is 403 g/mol. The number of carbonyl (C=O) groups is 2. The molecule has 2 aromatic rings. The van der Waals surface area contributed by atoms with Crippen molar-refractivity contribution in [3.05, 3.63) is 28.8 Å². The average molecular weight is 404 g/mol. The van der Waals surface area contributed by atoms with E-state index in [0.717, 1.165) is 53.7 Å². The first kappa shape index (κ1) is 20.6. The lowest BCUT2D eigenvalue weighted by atomic mass is 10.2. The number of nitrogens with zero attached hydrogens (tertiary/aromatic N) is 5. The molecule has 3 heterocycles. The molecule has 1 fully saturated rings. The Morgan fingerprint density at radius 3 is 2.68 bits per heavy atom. The molecular weight excluding hydrogens is 374 g/mol. The van der Waals surface area contributed by atoms with Crippen LogP contribution in [0.5, 0.6) is 0 Å². The Morgan fingerprint density at radius 2 is 2.00 bits per heavy atom. The van der Waals surface area contributed by atoms with Crippen molar-refractivity contribution in [1.29, 1.82) is 0 Å². The number of hydrogen-bond donors (Lipinski definition) is 0. The van der Waals surface area contributed by atoms with Gasteiger partial charge in [0.05, 0.1) is 12.3 Å². The van der Waals surface area contributed by atoms with Crippen LogP contribution in [0.3, 0.4) is 0 Å². The van der Waals surface area contributed by atoms with E-state index < -0.39 is 0 Å². The zero-order chi connectivity index (χ0) is 20.3. The van der Waals surface area contributed by atoms with Gasteiger partial charge in [-0.1, -0.05) is 18.2 Å². The topological polar surface area (TPSA) is 73.0 Å². The number of likely N-dealkylation sites (tertiary alicyclic amines) is 1. The van der Waals surface area contributed by atoms with E-state index in [9.17, 15) is 9.59 Å². The third kappa shape index (κ3) is 4.32. The summed E-state index contributed by atoms with van der Waals surface area (Å²) in [6.07, 6.45) is 3.73. The van der Waals surface area contributed by atoms with Crippen LogP contribution in [0.1, 0.15) is 60.2 Å². The van der Waals surface area contributed by atoms with E-state index in [1.54, 1.807) is 0 Å². The van der Waals surface area contributed by atoms with Crippen molar-refractivity contribution in [2.24, 2.45) is 7.05 Å². The van der Waals surface area contributed by atoms with Crippen LogP contribution in [-0.4, -0.2) is 48.2 Å². The van der Waals surface area contributed by atoms with Crippen LogP contribution < -0.4 is 0 Å². The first-order chi connectivity index (χ1) is 13.4. The lowest BCUT2D eigenvalue weighted by Crippen LogP contribution is -2.31. The van der Waals surface area contributed by atoms with Gasteiger partial charge in [0.2, 0.25) is 5.91 Å². The molecule has 1 amide bonds. The SMILES string of the molecule is CCn1c(CN2CCCCCC2=O)nnc1SCC(=O)c1cc(C)n(C)c1C. The molecule has 2 aromatic heterocycles. The maximum Gasteiger partial charge on any atom is 0.222 e. The smallest absolute Gasteiger partial charge is 0.222 e. The molecule has 0 aliphatic carbocycles. The minimum atomic E-state index is 0.0982. The second kappa shape index (κ2) is 8.94. The maximum absolute atomic E-state index is 12.7. The molecule has 0 spiro atoms. The number of Topliss-reactive ketones (excluding diaryl/α,β-unsaturated/α-hetero) is 1. The summed E-state index contributed by atoms with van der Waals surface area (Å²) in [5.41, 5.74) is 2.83. The van der Waals surface area contributed by atoms with Crippen LogP contribution in [0, 0.1) is 13.8 Å². The van der Waals surface area contributed by atoms with Crippen LogP contribution in [-0.2, 0) is 24.9 Å². The predicted molar refractivity (Wildman–Crippen MR) is 110 cm³/mol. The zero-order valence-electron chi connectivity index (χ0n) is 17.2. The molecule has 0 atom stereocenters. The third-order valence-corrected chi connectivity index (χ3v) is 6.49. The van der Waals surface area contributed by atoms with Crippen molar-refractivity contribution in [1.82, 2.24) is 24.2 Å². The Balaban J connectivity index is 1.68. The van der Waals surface area contributed by atoms with Gasteiger partial charge in [-0.15, -0.1) is 10.2 Å². The van der Waals surface area contributed by atoms with Gasteiger partial charge in [0, 0.05) is 43.5 Å². The van der Waals surface area contributed by atoms with E-state index in [-0.39, 0.29) is 11.7 Å². The fourth-order valence-corrected chi connectivity index (χ4v) is 4.49. The molecule has 0 radical (unpaired) electrons. The number of hydrogen-bond acceptors (Lipinski definition) is 5. The maximum atomic E-state index is 12.7. The van der Waals surface area contributed by atoms with Gasteiger partial charge in [0.15, 0.2) is 16.8 Å². The number of rotatable bonds is 7. The largest absolute Gasteiger partial charge is 0.351 e. The second-order valence-electron chi connectivity index (χ2n) is 7.32. The van der Waals surface area contributed by atoms with Gasteiger partial charge in [-0.3, -0.25) is 9.59 Å². The van der Waals surface area contributed by atoms with Crippen LogP contribution in [0.2, 0.25) is 0 Å². The van der Waals surface area contributed by atoms with Crippen molar-refractivity contribution < 1.29 is 9.59 Å². The minimum Gasteiger partial charge on any atom is -0.351 e. The molecule has 1 aliphatic heterocycles. The van der Waals surface area contributed by atoms with E-state index in [1.807, 2.05) is 47.9 Å². The van der Waals surface area contributed by atoms with Crippen molar-refractivity contribution >= 4 is 23.5 Å². The number of amides is 1. The fourth-order valence-electron chi connectivity index (χ4n) is 3.58. The molecule has 0 unspecified atom stereocenters. The standard InChI is InChI=1S/C20H29N5O2S/c1-5-25-18(12-24-10-8-6-7-9-19(24)27)21-22-20(25)28-13-17(26)16-11-14(2)23(4)15(16)3/h11H,5-10,12-13H2,1-4H3. The molecule has 0 bridgehead atoms. The Kier molecular flexibility index (Phi) is 6.59. The summed E-state index contributed by atoms with van der Waals surface area (Å²) in [6.45, 7) is 7.99. The highest BCUT2D eigenvalue weighted by Gasteiger charge is 2.21. The molecule has 1 aliphatic rings. The molecule has 28 heavy (non-hydrogen) atoms. The number of aromatic nitrogens is 4. The number of carbonyl (C=O) groups excluding carboxylic acids is 2. The van der Waals surface area contributed by atoms with Gasteiger partial charge in [-0.05, 0) is 39.7 Å². The van der Waals surface area contributed by atoms with Crippen LogP contribution in [0.25, 0.3) is 0 Å². The van der Waals surface area contributed by atoms with Crippen LogP contribution in [0.15, 0.2) is 11.2 Å². The quantitative estimate of drug-likeness (QED) is 0.525. The number of thioether (sulfide) groups is 1. The molecular formula is C20H29N5O2S. The van der Waals surface area contributed by atoms with Crippen molar-refractivity contribution in [3.63, 3.8) is 0 Å². The van der Waals surface area contributed by atoms with E-state index in [4.69, 9.17) is 0 Å². The number of ketones is 1. The Bertz CT molecular complexity index is 870. The third-order valence-electron chi connectivity index (χ3n) is 5.52. The van der Waals surface area contributed by atoms with Gasteiger partial charge in [0.25, 0.3) is 0 Å². The Labute approximate surface area is 170 Å². The molecule has 152 valence electrons. The van der Waals surface area contributed by atoms with Gasteiger partial charge < -0.3 is 14.0 Å². The molecule has 8 heteroatoms. The Hall–Kier alpha value is -2.09. The van der Waals surface area contributed by atoms with E-state index >= 15 is 0 Å². The fraction of sp³-hybridized carbons (Fsp3) is 0.600. The normalized spacial score (nSPS) is 15.1. The molecule has 1 saturated heterocycles. The average Bonchev–Trinajstić information content (AvgIpc) is 3.10. The van der Waals surface area contributed by atoms with Gasteiger partial charge in [-0.25, -0.2) is 0 Å². The van der Waals surface area contributed by atoms with E-state index in [2.05, 4.69) is 10.2 Å². The van der Waals surface area contributed by atoms with Crippen molar-refractivity contribution in [2.45, 2.75) is 64.7 Å². The molecule has 0 saturated carbocycles. The summed E-state index contributed by atoms with van der Waals surface area (Å²) >= 11 is 1.41. The van der Waals surface area contributed by atoms with Crippen LogP contribution >= 0.6 is 11.8 Å². The summed E-state index contributed by atoms with van der Waals surface area (Å²) in [7, 11) is 1.97. The second-order valence-corrected chi connectivity index (χ2v) is 8.27. The van der Waals surface area contributed by atoms with Crippen molar-refractivity contribution in [3.8, 4) is 0 Å². The predicted octanol–water partition coefficient (Wildman–Crippen LogP) is 3.13. The Morgan fingerprint density at radius 1 is 1.21 bits per heavy atom. The summed E-state index contributed by atoms with van der Waals surface area (Å²) in [5, 5.41) is 9.34. The zero-order valence-corrected chi connectivity index (χ0v) is 18.0. The summed E-state index contributed by atoms with van der Waals surface area (Å²) in [5.74, 6) is 1.41. The highest BCUT2D eigenvalue weighted by molar-refractivity contribution is 7.99. The highest BCUT2D eigenvalue weighted by Crippen LogP contribution is 2.22. The summed E-state index contributed by atoms with van der Waals surface area (Å²) in [4.78, 5) is 26.8. The number of aryl methyl sites for hydroxylation is 1. The molecule has 0 aromatic carbocycles. The molecule has 7 nitrogen and oxygen atoms in total. The van der Waals surface area contributed by atoms with E-state index in [0.29, 0.717) is 25.3 Å². The van der Waals surface area contributed by atoms with Crippen LogP contribution in [0.4, 0.5) is 0 Å². The lowest BCUT2D eigenvalue weighted by molar-refractivity contribution is -0.131. The minimum absolute atomic E-state index is 0.0982. The van der Waals surface area contributed by atoms with E-state index in [1.165, 1.54) is 11.8 Å². The first-order valence-corrected chi connectivity index (χ1v) is 10.9. The van der Waals surface area contributed by atoms with Gasteiger partial charge in [-0.2, -0.15) is 0 Å². The summed E-state index contributed by atoms with van der Waals surface area (Å²) in [6, 6.07) is 1.94. The van der Waals surface area contributed by atoms with Crippen molar-refractivity contribution in [2.75, 3.05) is 12.3 Å². The first-order valence-electron chi connectivity index (χ1n) is 9.91. The van der Waals surface area contributed by atoms with Gasteiger partial charge in [0.1, 0.15) is 0 Å².